The summed E-state index contributed by atoms with van der Waals surface area (Å²) in [5.41, 5.74) is 0. The van der Waals surface area contributed by atoms with E-state index in [4.69, 9.17) is 20.4 Å². The first-order valence-corrected chi connectivity index (χ1v) is 5.37. The second-order valence-corrected chi connectivity index (χ2v) is 3.56. The fourth-order valence-electron chi connectivity index (χ4n) is 0.703. The number of carboxylic acids is 2. The molecule has 8 nitrogen and oxygen atoms in total. The van der Waals surface area contributed by atoms with Gasteiger partial charge in [0.2, 0.25) is 0 Å². The van der Waals surface area contributed by atoms with Gasteiger partial charge in [0, 0.05) is 12.8 Å². The molecule has 0 heterocycles. The molecule has 0 rings (SSSR count). The van der Waals surface area contributed by atoms with Crippen LogP contribution in [0.15, 0.2) is 0 Å². The van der Waals surface area contributed by atoms with Crippen molar-refractivity contribution in [2.75, 3.05) is 0 Å². The Morgan fingerprint density at radius 2 is 1.29 bits per heavy atom. The highest BCUT2D eigenvalue weighted by atomic mass is 32.2. The summed E-state index contributed by atoms with van der Waals surface area (Å²) < 4.78 is 9.10. The predicted octanol–water partition coefficient (Wildman–Crippen LogP) is -0.0508. The van der Waals surface area contributed by atoms with Crippen LogP contribution in [0.2, 0.25) is 0 Å². The molecule has 0 spiro atoms. The molecule has 0 aliphatic rings. The monoisotopic (exact) mass is 270 g/mol. The quantitative estimate of drug-likeness (QED) is 0.318. The largest absolute Gasteiger partial charge is 0.481 e. The molecule has 0 aliphatic heterocycles. The Labute approximate surface area is 102 Å². The third-order valence-corrected chi connectivity index (χ3v) is 2.11. The highest BCUT2D eigenvalue weighted by Gasteiger charge is 2.12. The third-order valence-electron chi connectivity index (χ3n) is 1.51. The van der Waals surface area contributed by atoms with Crippen molar-refractivity contribution in [2.24, 2.45) is 0 Å². The minimum atomic E-state index is -1.33. The molecule has 100 valence electrons. The van der Waals surface area contributed by atoms with Crippen molar-refractivity contribution in [3.8, 4) is 0 Å². The molecule has 0 aliphatic carbocycles. The Hall–Kier alpha value is -0.870. The number of aliphatic hydroxyl groups is 2. The number of rotatable bonds is 10. The van der Waals surface area contributed by atoms with Gasteiger partial charge in [0.1, 0.15) is 0 Å². The van der Waals surface area contributed by atoms with Gasteiger partial charge < -0.3 is 20.4 Å². The van der Waals surface area contributed by atoms with Crippen molar-refractivity contribution in [1.82, 2.24) is 0 Å². The number of aliphatic hydroxyl groups excluding tert-OH is 2. The molecule has 2 atom stereocenters. The molecule has 0 aromatic carbocycles. The van der Waals surface area contributed by atoms with Crippen LogP contribution in [-0.2, 0) is 18.0 Å². The Bertz CT molecular complexity index is 222. The Morgan fingerprint density at radius 3 is 1.59 bits per heavy atom. The summed E-state index contributed by atoms with van der Waals surface area (Å²) in [6.45, 7) is 0. The zero-order valence-corrected chi connectivity index (χ0v) is 9.63. The van der Waals surface area contributed by atoms with Gasteiger partial charge in [0.25, 0.3) is 0 Å². The summed E-state index contributed by atoms with van der Waals surface area (Å²) in [6.07, 6.45) is -3.41. The van der Waals surface area contributed by atoms with Crippen molar-refractivity contribution in [3.63, 3.8) is 0 Å². The van der Waals surface area contributed by atoms with E-state index in [1.807, 2.05) is 0 Å². The summed E-state index contributed by atoms with van der Waals surface area (Å²) >= 11 is 0.287. The van der Waals surface area contributed by atoms with Gasteiger partial charge in [-0.1, -0.05) is 0 Å². The van der Waals surface area contributed by atoms with E-state index < -0.39 is 24.5 Å². The van der Waals surface area contributed by atoms with E-state index in [-0.39, 0.29) is 38.0 Å². The number of hydrogen-bond donors (Lipinski definition) is 4. The van der Waals surface area contributed by atoms with Crippen molar-refractivity contribution in [3.05, 3.63) is 0 Å². The van der Waals surface area contributed by atoms with Gasteiger partial charge in [0.15, 0.2) is 24.9 Å². The molecule has 0 fully saturated rings. The second kappa shape index (κ2) is 9.19. The van der Waals surface area contributed by atoms with Crippen molar-refractivity contribution < 1.29 is 38.4 Å². The highest BCUT2D eigenvalue weighted by Crippen LogP contribution is 2.15. The van der Waals surface area contributed by atoms with Crippen LogP contribution in [0.1, 0.15) is 25.7 Å². The number of carboxylic acid groups (broad SMARTS) is 2. The van der Waals surface area contributed by atoms with Gasteiger partial charge in [0.05, 0.1) is 12.8 Å². The van der Waals surface area contributed by atoms with Crippen LogP contribution in [0, 0.1) is 0 Å². The van der Waals surface area contributed by atoms with Crippen LogP contribution in [-0.4, -0.2) is 44.9 Å². The van der Waals surface area contributed by atoms with E-state index in [1.165, 1.54) is 0 Å². The molecule has 9 heteroatoms. The maximum atomic E-state index is 10.1. The van der Waals surface area contributed by atoms with Crippen molar-refractivity contribution in [2.45, 2.75) is 38.3 Å². The van der Waals surface area contributed by atoms with E-state index >= 15 is 0 Å². The molecule has 0 aromatic rings. The Balaban J connectivity index is 3.48. The van der Waals surface area contributed by atoms with E-state index in [1.54, 1.807) is 0 Å². The first kappa shape index (κ1) is 16.1. The molecule has 0 aromatic heterocycles. The average molecular weight is 270 g/mol. The number of carbonyl (C=O) groups is 2. The lowest BCUT2D eigenvalue weighted by atomic mass is 10.3. The van der Waals surface area contributed by atoms with Gasteiger partial charge in [-0.15, -0.1) is 0 Å². The fourth-order valence-corrected chi connectivity index (χ4v) is 1.12. The van der Waals surface area contributed by atoms with Gasteiger partial charge in [-0.05, 0) is 0 Å². The maximum absolute atomic E-state index is 10.1. The topological polar surface area (TPSA) is 134 Å². The lowest BCUT2D eigenvalue weighted by Crippen LogP contribution is -2.14. The normalized spacial score (nSPS) is 14.2. The van der Waals surface area contributed by atoms with Gasteiger partial charge in [-0.25, -0.2) is 0 Å². The summed E-state index contributed by atoms with van der Waals surface area (Å²) in [5.74, 6) is -2.14. The van der Waals surface area contributed by atoms with Crippen LogP contribution >= 0.6 is 12.3 Å². The number of hydrogen-bond acceptors (Lipinski definition) is 7. The molecule has 0 amide bonds. The number of aliphatic carboxylic acids is 2. The molecule has 0 radical (unpaired) electrons. The summed E-state index contributed by atoms with van der Waals surface area (Å²) in [7, 11) is 0. The molecule has 4 N–H and O–H groups in total. The maximum Gasteiger partial charge on any atom is 0.303 e. The van der Waals surface area contributed by atoms with Crippen LogP contribution in [0.25, 0.3) is 0 Å². The summed E-state index contributed by atoms with van der Waals surface area (Å²) in [6, 6.07) is 0. The van der Waals surface area contributed by atoms with Crippen molar-refractivity contribution >= 4 is 24.3 Å². The first-order valence-electron chi connectivity index (χ1n) is 4.70. The van der Waals surface area contributed by atoms with Gasteiger partial charge >= 0.3 is 11.9 Å². The predicted molar refractivity (Wildman–Crippen MR) is 55.5 cm³/mol. The molecule has 0 saturated heterocycles. The highest BCUT2D eigenvalue weighted by molar-refractivity contribution is 7.89. The van der Waals surface area contributed by atoms with E-state index in [0.29, 0.717) is 0 Å². The van der Waals surface area contributed by atoms with Crippen LogP contribution < -0.4 is 0 Å². The first-order chi connectivity index (χ1) is 7.91. The lowest BCUT2D eigenvalue weighted by molar-refractivity contribution is -0.139. The third kappa shape index (κ3) is 11.4. The van der Waals surface area contributed by atoms with E-state index in [0.717, 1.165) is 0 Å². The smallest absolute Gasteiger partial charge is 0.303 e. The summed E-state index contributed by atoms with van der Waals surface area (Å²) in [5, 5.41) is 34.7. The van der Waals surface area contributed by atoms with Gasteiger partial charge in [-0.3, -0.25) is 18.0 Å². The van der Waals surface area contributed by atoms with Gasteiger partial charge in [-0.2, -0.15) is 0 Å². The van der Waals surface area contributed by atoms with Crippen LogP contribution in [0.5, 0.6) is 0 Å². The van der Waals surface area contributed by atoms with Crippen LogP contribution in [0.4, 0.5) is 0 Å². The zero-order valence-electron chi connectivity index (χ0n) is 8.81. The van der Waals surface area contributed by atoms with Crippen molar-refractivity contribution in [1.29, 1.82) is 0 Å². The second-order valence-electron chi connectivity index (χ2n) is 3.03. The Kier molecular flexibility index (Phi) is 8.72. The molecular formula is C8H14O8S. The SMILES string of the molecule is O=C(O)CC[C@H](O)OSO[C@@H](O)CCC(=O)O. The van der Waals surface area contributed by atoms with E-state index in [9.17, 15) is 9.59 Å². The lowest BCUT2D eigenvalue weighted by Gasteiger charge is -2.11. The molecular weight excluding hydrogens is 256 g/mol. The fraction of sp³-hybridized carbons (Fsp3) is 0.750. The zero-order chi connectivity index (χ0) is 13.3. The Morgan fingerprint density at radius 1 is 0.941 bits per heavy atom. The minimum Gasteiger partial charge on any atom is -0.481 e. The standard InChI is InChI=1S/C8H14O8S/c9-5(10)1-3-7(13)15-17-16-8(14)4-2-6(11)12/h7-8,13-14H,1-4H2,(H,9,10)(H,11,12)/t7-,8-/m1/s1. The van der Waals surface area contributed by atoms with E-state index in [2.05, 4.69) is 8.37 Å². The molecule has 0 unspecified atom stereocenters. The average Bonchev–Trinajstić information content (AvgIpc) is 2.23. The molecule has 0 bridgehead atoms. The summed E-state index contributed by atoms with van der Waals surface area (Å²) in [4.78, 5) is 20.3. The minimum absolute atomic E-state index is 0.114. The molecule has 17 heavy (non-hydrogen) atoms. The molecule has 0 saturated carbocycles. The van der Waals surface area contributed by atoms with Crippen LogP contribution in [0.3, 0.4) is 0 Å².